The number of aromatic nitrogens is 3. The third kappa shape index (κ3) is 5.00. The van der Waals surface area contributed by atoms with Crippen molar-refractivity contribution in [3.63, 3.8) is 0 Å². The molecule has 0 unspecified atom stereocenters. The quantitative estimate of drug-likeness (QED) is 0.322. The first-order valence-corrected chi connectivity index (χ1v) is 10.8. The van der Waals surface area contributed by atoms with Crippen molar-refractivity contribution in [3.05, 3.63) is 46.6 Å². The summed E-state index contributed by atoms with van der Waals surface area (Å²) in [6.45, 7) is 4.23. The Morgan fingerprint density at radius 3 is 2.73 bits per heavy atom. The number of halogens is 2. The lowest BCUT2D eigenvalue weighted by Gasteiger charge is -2.13. The van der Waals surface area contributed by atoms with Gasteiger partial charge >= 0.3 is 0 Å². The minimum atomic E-state index is -0.252. The second-order valence-corrected chi connectivity index (χ2v) is 7.96. The first kappa shape index (κ1) is 22.3. The summed E-state index contributed by atoms with van der Waals surface area (Å²) in [5.41, 5.74) is 0.457. The number of methoxy groups -OCH3 is 2. The highest BCUT2D eigenvalue weighted by Gasteiger charge is 2.18. The number of carbonyl (C=O) groups excluding carboxylic acids is 1. The number of nitrogens with zero attached hydrogens (tertiary/aromatic N) is 3. The van der Waals surface area contributed by atoms with Gasteiger partial charge in [-0.1, -0.05) is 29.4 Å². The topological polar surface area (TPSA) is 91.4 Å². The van der Waals surface area contributed by atoms with E-state index in [9.17, 15) is 4.79 Å². The maximum Gasteiger partial charge on any atom is 0.234 e. The maximum atomic E-state index is 12.5. The fourth-order valence-electron chi connectivity index (χ4n) is 2.58. The van der Waals surface area contributed by atoms with Crippen LogP contribution in [-0.4, -0.2) is 40.6 Å². The summed E-state index contributed by atoms with van der Waals surface area (Å²) >= 11 is 10.6. The molecule has 0 saturated carbocycles. The molecule has 1 aromatic carbocycles. The van der Waals surface area contributed by atoms with Crippen molar-refractivity contribution in [1.82, 2.24) is 14.8 Å². The van der Waals surface area contributed by atoms with Crippen molar-refractivity contribution in [2.24, 2.45) is 0 Å². The minimum absolute atomic E-state index is 0.102. The van der Waals surface area contributed by atoms with E-state index >= 15 is 0 Å². The minimum Gasteiger partial charge on any atom is -0.495 e. The Morgan fingerprint density at radius 2 is 2.10 bits per heavy atom. The van der Waals surface area contributed by atoms with Crippen LogP contribution in [0.1, 0.15) is 0 Å². The van der Waals surface area contributed by atoms with Gasteiger partial charge in [-0.2, -0.15) is 0 Å². The number of thioether (sulfide) groups is 1. The summed E-state index contributed by atoms with van der Waals surface area (Å²) in [4.78, 5) is 12.5. The molecule has 0 saturated heterocycles. The van der Waals surface area contributed by atoms with Crippen molar-refractivity contribution in [3.8, 4) is 23.1 Å². The highest BCUT2D eigenvalue weighted by Crippen LogP contribution is 2.36. The number of ether oxygens (including phenoxy) is 2. The molecule has 0 aliphatic carbocycles. The molecular formula is C19H18BrClN4O4S. The molecular weight excluding hydrogens is 496 g/mol. The Balaban J connectivity index is 1.74. The number of hydrogen-bond acceptors (Lipinski definition) is 7. The molecule has 3 aromatic rings. The predicted molar refractivity (Wildman–Crippen MR) is 120 cm³/mol. The lowest BCUT2D eigenvalue weighted by Crippen LogP contribution is -2.15. The standard InChI is InChI=1S/C19H18BrClN4O4S/c1-4-7-25-18(13-5-6-16(20)29-13)23-24-19(25)30-10-17(26)22-12-9-14(27-2)11(21)8-15(12)28-3/h4-6,8-9H,1,7,10H2,2-3H3,(H,22,26). The Kier molecular flexibility index (Phi) is 7.46. The summed E-state index contributed by atoms with van der Waals surface area (Å²) in [5, 5.41) is 12.1. The van der Waals surface area contributed by atoms with E-state index in [-0.39, 0.29) is 11.7 Å². The van der Waals surface area contributed by atoms with E-state index in [4.69, 9.17) is 25.5 Å². The number of furan rings is 1. The zero-order chi connectivity index (χ0) is 21.7. The molecule has 1 N–H and O–H groups in total. The first-order valence-electron chi connectivity index (χ1n) is 8.60. The molecule has 0 atom stereocenters. The van der Waals surface area contributed by atoms with Crippen LogP contribution in [0.2, 0.25) is 5.02 Å². The van der Waals surface area contributed by atoms with Crippen LogP contribution in [0, 0.1) is 0 Å². The van der Waals surface area contributed by atoms with Crippen LogP contribution in [0.3, 0.4) is 0 Å². The first-order chi connectivity index (χ1) is 14.5. The van der Waals surface area contributed by atoms with Crippen molar-refractivity contribution < 1.29 is 18.7 Å². The van der Waals surface area contributed by atoms with Crippen molar-refractivity contribution in [1.29, 1.82) is 0 Å². The summed E-state index contributed by atoms with van der Waals surface area (Å²) in [7, 11) is 2.99. The second kappa shape index (κ2) is 10.1. The number of hydrogen-bond donors (Lipinski definition) is 1. The van der Waals surface area contributed by atoms with E-state index in [1.807, 2.05) is 4.57 Å². The third-order valence-electron chi connectivity index (χ3n) is 3.90. The van der Waals surface area contributed by atoms with E-state index in [1.54, 1.807) is 30.3 Å². The van der Waals surface area contributed by atoms with Crippen molar-refractivity contribution in [2.75, 3.05) is 25.3 Å². The molecule has 0 bridgehead atoms. The number of benzene rings is 1. The van der Waals surface area contributed by atoms with Gasteiger partial charge in [-0.25, -0.2) is 0 Å². The second-order valence-electron chi connectivity index (χ2n) is 5.83. The van der Waals surface area contributed by atoms with Crippen LogP contribution in [0.15, 0.2) is 51.2 Å². The van der Waals surface area contributed by atoms with Gasteiger partial charge in [0.2, 0.25) is 11.7 Å². The summed E-state index contributed by atoms with van der Waals surface area (Å²) in [5.74, 6) is 1.82. The predicted octanol–water partition coefficient (Wildman–Crippen LogP) is 4.89. The number of nitrogens with one attached hydrogen (secondary N) is 1. The highest BCUT2D eigenvalue weighted by atomic mass is 79.9. The average Bonchev–Trinajstić information content (AvgIpc) is 3.33. The molecule has 0 radical (unpaired) electrons. The molecule has 2 heterocycles. The van der Waals surface area contributed by atoms with Crippen molar-refractivity contribution in [2.45, 2.75) is 11.7 Å². The lowest BCUT2D eigenvalue weighted by atomic mass is 10.2. The van der Waals surface area contributed by atoms with Gasteiger partial charge in [-0.3, -0.25) is 9.36 Å². The van der Waals surface area contributed by atoms with Crippen LogP contribution in [0.25, 0.3) is 11.6 Å². The molecule has 1 amide bonds. The molecule has 158 valence electrons. The number of anilines is 1. The zero-order valence-corrected chi connectivity index (χ0v) is 19.3. The third-order valence-corrected chi connectivity index (χ3v) is 5.59. The Hall–Kier alpha value is -2.43. The Bertz CT molecular complexity index is 1070. The Labute approximate surface area is 190 Å². The van der Waals surface area contributed by atoms with Gasteiger partial charge in [-0.15, -0.1) is 16.8 Å². The molecule has 0 spiro atoms. The van der Waals surface area contributed by atoms with E-state index in [0.717, 1.165) is 0 Å². The number of amides is 1. The smallest absolute Gasteiger partial charge is 0.234 e. The molecule has 11 heteroatoms. The molecule has 2 aromatic heterocycles. The van der Waals surface area contributed by atoms with Gasteiger partial charge in [0.1, 0.15) is 11.5 Å². The van der Waals surface area contributed by atoms with E-state index in [1.165, 1.54) is 26.0 Å². The monoisotopic (exact) mass is 512 g/mol. The Morgan fingerprint density at radius 1 is 1.33 bits per heavy atom. The van der Waals surface area contributed by atoms with Gasteiger partial charge < -0.3 is 19.2 Å². The molecule has 0 fully saturated rings. The largest absolute Gasteiger partial charge is 0.495 e. The summed E-state index contributed by atoms with van der Waals surface area (Å²) in [6, 6.07) is 6.75. The lowest BCUT2D eigenvalue weighted by molar-refractivity contribution is -0.113. The molecule has 8 nitrogen and oxygen atoms in total. The van der Waals surface area contributed by atoms with Gasteiger partial charge in [0, 0.05) is 18.7 Å². The van der Waals surface area contributed by atoms with Gasteiger partial charge in [0.15, 0.2) is 15.6 Å². The normalized spacial score (nSPS) is 10.7. The van der Waals surface area contributed by atoms with Gasteiger partial charge in [-0.05, 0) is 28.1 Å². The van der Waals surface area contributed by atoms with Crippen LogP contribution in [0.4, 0.5) is 5.69 Å². The molecule has 0 aliphatic heterocycles. The van der Waals surface area contributed by atoms with E-state index in [0.29, 0.717) is 50.2 Å². The van der Waals surface area contributed by atoms with Gasteiger partial charge in [0.25, 0.3) is 0 Å². The van der Waals surface area contributed by atoms with Crippen LogP contribution >= 0.6 is 39.3 Å². The van der Waals surface area contributed by atoms with Crippen LogP contribution in [0.5, 0.6) is 11.5 Å². The van der Waals surface area contributed by atoms with Crippen LogP contribution in [-0.2, 0) is 11.3 Å². The summed E-state index contributed by atoms with van der Waals surface area (Å²) in [6.07, 6.45) is 1.72. The fourth-order valence-corrected chi connectivity index (χ4v) is 3.87. The van der Waals surface area contributed by atoms with E-state index in [2.05, 4.69) is 38.0 Å². The van der Waals surface area contributed by atoms with Gasteiger partial charge in [0.05, 0.1) is 30.7 Å². The fraction of sp³-hybridized carbons (Fsp3) is 0.211. The SMILES string of the molecule is C=CCn1c(SCC(=O)Nc2cc(OC)c(Cl)cc2OC)nnc1-c1ccc(Br)o1. The van der Waals surface area contributed by atoms with Crippen LogP contribution < -0.4 is 14.8 Å². The molecule has 0 aliphatic rings. The molecule has 3 rings (SSSR count). The van der Waals surface area contributed by atoms with Crippen molar-refractivity contribution >= 4 is 50.9 Å². The zero-order valence-electron chi connectivity index (χ0n) is 16.1. The summed E-state index contributed by atoms with van der Waals surface area (Å²) < 4.78 is 18.5. The highest BCUT2D eigenvalue weighted by molar-refractivity contribution is 9.10. The molecule has 30 heavy (non-hydrogen) atoms. The average molecular weight is 514 g/mol. The van der Waals surface area contributed by atoms with E-state index < -0.39 is 0 Å². The maximum absolute atomic E-state index is 12.5. The number of carbonyl (C=O) groups is 1. The number of allylic oxidation sites excluding steroid dienone is 1. The number of rotatable bonds is 9.